The fourth-order valence-corrected chi connectivity index (χ4v) is 1.99. The van der Waals surface area contributed by atoms with Gasteiger partial charge >= 0.3 is 0 Å². The van der Waals surface area contributed by atoms with Gasteiger partial charge in [0, 0.05) is 23.6 Å². The maximum absolute atomic E-state index is 2.80. The SMILES string of the molecule is Cc1c(P)c2ccccc2n1C. The maximum atomic E-state index is 2.80. The minimum absolute atomic E-state index is 1.31. The van der Waals surface area contributed by atoms with E-state index in [2.05, 4.69) is 52.0 Å². The zero-order chi connectivity index (χ0) is 8.72. The molecule has 0 saturated heterocycles. The summed E-state index contributed by atoms with van der Waals surface area (Å²) in [5.41, 5.74) is 2.63. The van der Waals surface area contributed by atoms with Crippen molar-refractivity contribution in [2.24, 2.45) is 7.05 Å². The third-order valence-electron chi connectivity index (χ3n) is 2.45. The summed E-state index contributed by atoms with van der Waals surface area (Å²) >= 11 is 0. The number of nitrogens with zero attached hydrogens (tertiary/aromatic N) is 1. The molecule has 1 aromatic heterocycles. The molecule has 2 aromatic rings. The smallest absolute Gasteiger partial charge is 0.0486 e. The molecule has 0 aliphatic rings. The Morgan fingerprint density at radius 3 is 2.58 bits per heavy atom. The van der Waals surface area contributed by atoms with E-state index in [0.717, 1.165) is 0 Å². The summed E-state index contributed by atoms with van der Waals surface area (Å²) in [5, 5.41) is 2.65. The van der Waals surface area contributed by atoms with Gasteiger partial charge in [-0.1, -0.05) is 18.2 Å². The van der Waals surface area contributed by atoms with Crippen molar-refractivity contribution in [3.8, 4) is 0 Å². The number of para-hydroxylation sites is 1. The first-order chi connectivity index (χ1) is 5.72. The van der Waals surface area contributed by atoms with Crippen LogP contribution in [0.25, 0.3) is 10.9 Å². The van der Waals surface area contributed by atoms with Crippen LogP contribution < -0.4 is 5.30 Å². The molecule has 1 atom stereocenters. The van der Waals surface area contributed by atoms with E-state index in [4.69, 9.17) is 0 Å². The third-order valence-corrected chi connectivity index (χ3v) is 3.18. The van der Waals surface area contributed by atoms with Crippen LogP contribution in [0.2, 0.25) is 0 Å². The van der Waals surface area contributed by atoms with E-state index in [1.165, 1.54) is 21.9 Å². The Morgan fingerprint density at radius 1 is 1.25 bits per heavy atom. The monoisotopic (exact) mass is 177 g/mol. The molecule has 0 amide bonds. The average Bonchev–Trinajstić information content (AvgIpc) is 2.33. The fraction of sp³-hybridized carbons (Fsp3) is 0.200. The van der Waals surface area contributed by atoms with Gasteiger partial charge in [-0.2, -0.15) is 0 Å². The highest BCUT2D eigenvalue weighted by Crippen LogP contribution is 2.17. The van der Waals surface area contributed by atoms with E-state index in [0.29, 0.717) is 0 Å². The van der Waals surface area contributed by atoms with Crippen LogP contribution in [0.4, 0.5) is 0 Å². The quantitative estimate of drug-likeness (QED) is 0.542. The Kier molecular flexibility index (Phi) is 1.69. The molecule has 1 nitrogen and oxygen atoms in total. The third kappa shape index (κ3) is 0.899. The van der Waals surface area contributed by atoms with Crippen molar-refractivity contribution in [3.05, 3.63) is 30.0 Å². The number of hydrogen-bond donors (Lipinski definition) is 0. The predicted octanol–water partition coefficient (Wildman–Crippen LogP) is 1.99. The predicted molar refractivity (Wildman–Crippen MR) is 57.0 cm³/mol. The molecule has 62 valence electrons. The summed E-state index contributed by atoms with van der Waals surface area (Å²) in [6, 6.07) is 8.46. The zero-order valence-corrected chi connectivity index (χ0v) is 8.49. The summed E-state index contributed by atoms with van der Waals surface area (Å²) in [4.78, 5) is 0. The molecular formula is C10H12NP. The summed E-state index contributed by atoms with van der Waals surface area (Å²) in [5.74, 6) is 0. The van der Waals surface area contributed by atoms with Crippen LogP contribution in [-0.4, -0.2) is 4.57 Å². The second kappa shape index (κ2) is 2.60. The van der Waals surface area contributed by atoms with Gasteiger partial charge in [-0.15, -0.1) is 9.24 Å². The van der Waals surface area contributed by atoms with Crippen molar-refractivity contribution >= 4 is 25.4 Å². The Labute approximate surface area is 74.6 Å². The van der Waals surface area contributed by atoms with Gasteiger partial charge in [0.1, 0.15) is 0 Å². The van der Waals surface area contributed by atoms with Gasteiger partial charge in [-0.05, 0) is 18.3 Å². The minimum Gasteiger partial charge on any atom is -0.347 e. The van der Waals surface area contributed by atoms with Crippen LogP contribution in [0.3, 0.4) is 0 Å². The first-order valence-corrected chi connectivity index (χ1v) is 4.59. The highest BCUT2D eigenvalue weighted by molar-refractivity contribution is 7.28. The van der Waals surface area contributed by atoms with Crippen molar-refractivity contribution in [1.29, 1.82) is 0 Å². The largest absolute Gasteiger partial charge is 0.347 e. The van der Waals surface area contributed by atoms with Crippen molar-refractivity contribution < 1.29 is 0 Å². The van der Waals surface area contributed by atoms with Gasteiger partial charge in [-0.3, -0.25) is 0 Å². The van der Waals surface area contributed by atoms with E-state index in [9.17, 15) is 0 Å². The molecule has 1 heterocycles. The Bertz CT molecular complexity index is 390. The lowest BCUT2D eigenvalue weighted by Gasteiger charge is -1.96. The van der Waals surface area contributed by atoms with Crippen LogP contribution in [0.5, 0.6) is 0 Å². The van der Waals surface area contributed by atoms with Gasteiger partial charge in [0.15, 0.2) is 0 Å². The molecule has 0 bridgehead atoms. The molecule has 0 aliphatic carbocycles. The van der Waals surface area contributed by atoms with Crippen molar-refractivity contribution in [2.75, 3.05) is 0 Å². The van der Waals surface area contributed by atoms with Gasteiger partial charge in [0.25, 0.3) is 0 Å². The summed E-state index contributed by atoms with van der Waals surface area (Å²) in [7, 11) is 4.90. The summed E-state index contributed by atoms with van der Waals surface area (Å²) < 4.78 is 2.22. The number of rotatable bonds is 0. The van der Waals surface area contributed by atoms with Gasteiger partial charge in [0.2, 0.25) is 0 Å². The van der Waals surface area contributed by atoms with Crippen LogP contribution >= 0.6 is 9.24 Å². The number of hydrogen-bond acceptors (Lipinski definition) is 0. The summed E-state index contributed by atoms with van der Waals surface area (Å²) in [6.07, 6.45) is 0. The highest BCUT2D eigenvalue weighted by Gasteiger charge is 2.05. The lowest BCUT2D eigenvalue weighted by molar-refractivity contribution is 0.923. The zero-order valence-electron chi connectivity index (χ0n) is 7.33. The number of aromatic nitrogens is 1. The lowest BCUT2D eigenvalue weighted by atomic mass is 10.2. The molecule has 2 heteroatoms. The molecule has 1 unspecified atom stereocenters. The highest BCUT2D eigenvalue weighted by atomic mass is 31.0. The fourth-order valence-electron chi connectivity index (χ4n) is 1.55. The van der Waals surface area contributed by atoms with Crippen LogP contribution in [0, 0.1) is 6.92 Å². The molecule has 0 radical (unpaired) electrons. The molecule has 0 fully saturated rings. The van der Waals surface area contributed by atoms with E-state index >= 15 is 0 Å². The van der Waals surface area contributed by atoms with E-state index in [1.54, 1.807) is 0 Å². The molecular weight excluding hydrogens is 165 g/mol. The Hall–Kier alpha value is -0.810. The molecule has 0 spiro atoms. The first-order valence-electron chi connectivity index (χ1n) is 4.01. The molecule has 12 heavy (non-hydrogen) atoms. The minimum atomic E-state index is 1.31. The molecule has 0 aliphatic heterocycles. The number of aryl methyl sites for hydroxylation is 1. The van der Waals surface area contributed by atoms with Gasteiger partial charge < -0.3 is 4.57 Å². The molecule has 0 saturated carbocycles. The van der Waals surface area contributed by atoms with Gasteiger partial charge in [0.05, 0.1) is 0 Å². The maximum Gasteiger partial charge on any atom is 0.0486 e. The molecule has 2 rings (SSSR count). The normalized spacial score (nSPS) is 10.9. The van der Waals surface area contributed by atoms with Crippen LogP contribution in [0.15, 0.2) is 24.3 Å². The lowest BCUT2D eigenvalue weighted by Crippen LogP contribution is -1.96. The first kappa shape index (κ1) is 7.82. The van der Waals surface area contributed by atoms with Crippen LogP contribution in [-0.2, 0) is 7.05 Å². The second-order valence-electron chi connectivity index (χ2n) is 3.08. The Morgan fingerprint density at radius 2 is 1.92 bits per heavy atom. The standard InChI is InChI=1S/C10H12NP/c1-7-10(12)8-5-3-4-6-9(8)11(7)2/h3-6H,12H2,1-2H3. The van der Waals surface area contributed by atoms with E-state index < -0.39 is 0 Å². The average molecular weight is 177 g/mol. The van der Waals surface area contributed by atoms with Crippen LogP contribution in [0.1, 0.15) is 5.69 Å². The van der Waals surface area contributed by atoms with Gasteiger partial charge in [-0.25, -0.2) is 0 Å². The van der Waals surface area contributed by atoms with E-state index in [1.807, 2.05) is 0 Å². The van der Waals surface area contributed by atoms with Crippen molar-refractivity contribution in [1.82, 2.24) is 4.57 Å². The molecule has 0 N–H and O–H groups in total. The number of fused-ring (bicyclic) bond motifs is 1. The Balaban J connectivity index is 2.99. The molecule has 1 aromatic carbocycles. The van der Waals surface area contributed by atoms with E-state index in [-0.39, 0.29) is 0 Å². The van der Waals surface area contributed by atoms with Crippen molar-refractivity contribution in [2.45, 2.75) is 6.92 Å². The second-order valence-corrected chi connectivity index (χ2v) is 3.65. The number of benzene rings is 1. The van der Waals surface area contributed by atoms with Crippen molar-refractivity contribution in [3.63, 3.8) is 0 Å². The summed E-state index contributed by atoms with van der Waals surface area (Å²) in [6.45, 7) is 2.14. The topological polar surface area (TPSA) is 4.93 Å².